The molecule has 106 valence electrons. The fourth-order valence-electron chi connectivity index (χ4n) is 2.03. The molecule has 0 spiro atoms. The summed E-state index contributed by atoms with van der Waals surface area (Å²) in [5.74, 6) is -0.0219. The van der Waals surface area contributed by atoms with E-state index < -0.39 is 0 Å². The van der Waals surface area contributed by atoms with E-state index >= 15 is 0 Å². The molecule has 0 radical (unpaired) electrons. The predicted octanol–water partition coefficient (Wildman–Crippen LogP) is 1.46. The van der Waals surface area contributed by atoms with Gasteiger partial charge in [0.2, 0.25) is 5.91 Å². The van der Waals surface area contributed by atoms with Gasteiger partial charge in [0.25, 0.3) is 0 Å². The zero-order chi connectivity index (χ0) is 14.4. The molecule has 1 aromatic heterocycles. The van der Waals surface area contributed by atoms with Crippen LogP contribution < -0.4 is 11.1 Å². The van der Waals surface area contributed by atoms with Crippen molar-refractivity contribution in [2.24, 2.45) is 5.73 Å². The van der Waals surface area contributed by atoms with Crippen molar-refractivity contribution in [1.29, 1.82) is 0 Å². The Morgan fingerprint density at radius 2 is 2.15 bits per heavy atom. The lowest BCUT2D eigenvalue weighted by Crippen LogP contribution is -2.29. The van der Waals surface area contributed by atoms with E-state index in [0.717, 1.165) is 17.7 Å². The monoisotopic (exact) mass is 272 g/mol. The van der Waals surface area contributed by atoms with Crippen LogP contribution in [0.4, 0.5) is 0 Å². The lowest BCUT2D eigenvalue weighted by molar-refractivity contribution is -0.121. The van der Waals surface area contributed by atoms with E-state index in [0.29, 0.717) is 6.54 Å². The molecule has 0 aliphatic rings. The topological polar surface area (TPSA) is 72.9 Å². The van der Waals surface area contributed by atoms with Crippen LogP contribution in [0.3, 0.4) is 0 Å². The summed E-state index contributed by atoms with van der Waals surface area (Å²) in [6, 6.07) is 9.51. The molecule has 3 N–H and O–H groups in total. The normalized spacial score (nSPS) is 12.1. The largest absolute Gasteiger partial charge is 0.355 e. The molecule has 0 aliphatic carbocycles. The molecule has 0 aliphatic heterocycles. The summed E-state index contributed by atoms with van der Waals surface area (Å²) in [7, 11) is 0. The molecule has 1 amide bonds. The van der Waals surface area contributed by atoms with E-state index in [4.69, 9.17) is 5.73 Å². The van der Waals surface area contributed by atoms with Gasteiger partial charge in [-0.15, -0.1) is 0 Å². The third kappa shape index (κ3) is 3.45. The number of aromatic nitrogens is 2. The molecule has 5 nitrogen and oxygen atoms in total. The fourth-order valence-corrected chi connectivity index (χ4v) is 2.03. The maximum absolute atomic E-state index is 11.8. The Morgan fingerprint density at radius 1 is 1.40 bits per heavy atom. The summed E-state index contributed by atoms with van der Waals surface area (Å²) in [6.07, 6.45) is 4.28. The second-order valence-electron chi connectivity index (χ2n) is 4.68. The minimum absolute atomic E-state index is 0.0219. The van der Waals surface area contributed by atoms with Crippen molar-refractivity contribution in [1.82, 2.24) is 14.9 Å². The summed E-state index contributed by atoms with van der Waals surface area (Å²) >= 11 is 0. The van der Waals surface area contributed by atoms with Gasteiger partial charge in [-0.3, -0.25) is 4.79 Å². The summed E-state index contributed by atoms with van der Waals surface area (Å²) in [6.45, 7) is 2.96. The Balaban J connectivity index is 2.10. The number of nitrogens with two attached hydrogens (primary N) is 1. The average Bonchev–Trinajstić information content (AvgIpc) is 2.93. The lowest BCUT2D eigenvalue weighted by Gasteiger charge is -2.15. The Bertz CT molecular complexity index is 550. The van der Waals surface area contributed by atoms with E-state index in [1.54, 1.807) is 17.1 Å². The van der Waals surface area contributed by atoms with Gasteiger partial charge in [0.05, 0.1) is 24.3 Å². The number of amides is 1. The molecule has 2 aromatic rings. The number of nitrogens with zero attached hydrogens (tertiary/aromatic N) is 2. The number of benzene rings is 1. The highest BCUT2D eigenvalue weighted by atomic mass is 16.1. The number of hydrogen-bond donors (Lipinski definition) is 2. The molecule has 1 atom stereocenters. The molecular weight excluding hydrogens is 252 g/mol. The standard InChI is InChI=1S/C15H20N4O/c1-2-8-18-14(20)10-19-11-17-9-13(19)15(16)12-6-4-3-5-7-12/h3-7,9,11,15H,2,8,10,16H2,1H3,(H,18,20). The van der Waals surface area contributed by atoms with Crippen molar-refractivity contribution in [3.05, 3.63) is 54.1 Å². The molecule has 1 aromatic carbocycles. The Morgan fingerprint density at radius 3 is 2.85 bits per heavy atom. The molecule has 5 heteroatoms. The Hall–Kier alpha value is -2.14. The summed E-state index contributed by atoms with van der Waals surface area (Å²) in [5, 5.41) is 2.85. The highest BCUT2D eigenvalue weighted by molar-refractivity contribution is 5.75. The van der Waals surface area contributed by atoms with Crippen molar-refractivity contribution in [3.63, 3.8) is 0 Å². The van der Waals surface area contributed by atoms with Crippen molar-refractivity contribution in [2.45, 2.75) is 25.9 Å². The zero-order valence-corrected chi connectivity index (χ0v) is 11.6. The average molecular weight is 272 g/mol. The van der Waals surface area contributed by atoms with Crippen LogP contribution in [-0.2, 0) is 11.3 Å². The van der Waals surface area contributed by atoms with Gasteiger partial charge in [0, 0.05) is 6.54 Å². The van der Waals surface area contributed by atoms with Gasteiger partial charge in [0.1, 0.15) is 6.54 Å². The summed E-state index contributed by atoms with van der Waals surface area (Å²) < 4.78 is 1.79. The van der Waals surface area contributed by atoms with Crippen molar-refractivity contribution >= 4 is 5.91 Å². The number of rotatable bonds is 6. The van der Waals surface area contributed by atoms with E-state index in [1.165, 1.54) is 0 Å². The van der Waals surface area contributed by atoms with Crippen LogP contribution >= 0.6 is 0 Å². The zero-order valence-electron chi connectivity index (χ0n) is 11.6. The molecule has 20 heavy (non-hydrogen) atoms. The fraction of sp³-hybridized carbons (Fsp3) is 0.333. The number of hydrogen-bond acceptors (Lipinski definition) is 3. The Labute approximate surface area is 118 Å². The number of nitrogens with one attached hydrogen (secondary N) is 1. The second-order valence-corrected chi connectivity index (χ2v) is 4.68. The predicted molar refractivity (Wildman–Crippen MR) is 78.0 cm³/mol. The quantitative estimate of drug-likeness (QED) is 0.836. The van der Waals surface area contributed by atoms with Crippen LogP contribution in [0.2, 0.25) is 0 Å². The maximum Gasteiger partial charge on any atom is 0.239 e. The first-order valence-electron chi connectivity index (χ1n) is 6.79. The highest BCUT2D eigenvalue weighted by Crippen LogP contribution is 2.18. The first-order valence-corrected chi connectivity index (χ1v) is 6.79. The third-order valence-corrected chi connectivity index (χ3v) is 3.11. The van der Waals surface area contributed by atoms with Gasteiger partial charge >= 0.3 is 0 Å². The van der Waals surface area contributed by atoms with Crippen molar-refractivity contribution in [3.8, 4) is 0 Å². The van der Waals surface area contributed by atoms with Crippen LogP contribution in [0.5, 0.6) is 0 Å². The molecule has 1 heterocycles. The number of carbonyl (C=O) groups is 1. The third-order valence-electron chi connectivity index (χ3n) is 3.11. The van der Waals surface area contributed by atoms with Gasteiger partial charge in [-0.2, -0.15) is 0 Å². The van der Waals surface area contributed by atoms with Crippen LogP contribution in [0.1, 0.15) is 30.6 Å². The van der Waals surface area contributed by atoms with E-state index in [9.17, 15) is 4.79 Å². The van der Waals surface area contributed by atoms with Gasteiger partial charge < -0.3 is 15.6 Å². The van der Waals surface area contributed by atoms with Gasteiger partial charge in [-0.1, -0.05) is 37.3 Å². The van der Waals surface area contributed by atoms with Gasteiger partial charge in [-0.05, 0) is 12.0 Å². The first kappa shape index (κ1) is 14.3. The van der Waals surface area contributed by atoms with Gasteiger partial charge in [-0.25, -0.2) is 4.98 Å². The van der Waals surface area contributed by atoms with Crippen LogP contribution in [-0.4, -0.2) is 22.0 Å². The van der Waals surface area contributed by atoms with E-state index in [2.05, 4.69) is 10.3 Å². The Kier molecular flexibility index (Phi) is 4.90. The van der Waals surface area contributed by atoms with Crippen LogP contribution in [0.15, 0.2) is 42.9 Å². The SMILES string of the molecule is CCCNC(=O)Cn1cncc1C(N)c1ccccc1. The molecular formula is C15H20N4O. The van der Waals surface area contributed by atoms with Crippen LogP contribution in [0.25, 0.3) is 0 Å². The van der Waals surface area contributed by atoms with Crippen LogP contribution in [0, 0.1) is 0 Å². The summed E-state index contributed by atoms with van der Waals surface area (Å²) in [5.41, 5.74) is 8.08. The molecule has 0 saturated heterocycles. The van der Waals surface area contributed by atoms with Gasteiger partial charge in [0.15, 0.2) is 0 Å². The maximum atomic E-state index is 11.8. The van der Waals surface area contributed by atoms with E-state index in [-0.39, 0.29) is 18.5 Å². The first-order chi connectivity index (χ1) is 9.72. The molecule has 0 saturated carbocycles. The lowest BCUT2D eigenvalue weighted by atomic mass is 10.1. The van der Waals surface area contributed by atoms with E-state index in [1.807, 2.05) is 37.3 Å². The number of imidazole rings is 1. The molecule has 2 rings (SSSR count). The summed E-state index contributed by atoms with van der Waals surface area (Å²) in [4.78, 5) is 15.9. The molecule has 0 bridgehead atoms. The molecule has 1 unspecified atom stereocenters. The smallest absolute Gasteiger partial charge is 0.239 e. The van der Waals surface area contributed by atoms with Crippen molar-refractivity contribution in [2.75, 3.05) is 6.54 Å². The van der Waals surface area contributed by atoms with Crippen molar-refractivity contribution < 1.29 is 4.79 Å². The second kappa shape index (κ2) is 6.86. The minimum atomic E-state index is -0.280. The number of carbonyl (C=O) groups excluding carboxylic acids is 1. The molecule has 0 fully saturated rings. The highest BCUT2D eigenvalue weighted by Gasteiger charge is 2.15. The minimum Gasteiger partial charge on any atom is -0.355 e.